The van der Waals surface area contributed by atoms with Crippen LogP contribution in [0.3, 0.4) is 0 Å². The number of nitrogens with zero attached hydrogens (tertiary/aromatic N) is 6. The van der Waals surface area contributed by atoms with Gasteiger partial charge >= 0.3 is 0 Å². The fraction of sp³-hybridized carbons (Fsp3) is 0.400. The van der Waals surface area contributed by atoms with Crippen molar-refractivity contribution in [3.63, 3.8) is 0 Å². The molecular weight excluding hydrogens is 484 g/mol. The number of fused-ring (bicyclic) bond motifs is 3. The Hall–Kier alpha value is -3.04. The van der Waals surface area contributed by atoms with Crippen LogP contribution in [0, 0.1) is 20.8 Å². The largest absolute Gasteiger partial charge is 0.339 e. The van der Waals surface area contributed by atoms with Gasteiger partial charge in [-0.2, -0.15) is 0 Å². The zero-order valence-corrected chi connectivity index (χ0v) is 21.8. The van der Waals surface area contributed by atoms with Crippen molar-refractivity contribution in [2.75, 3.05) is 26.2 Å². The van der Waals surface area contributed by atoms with Crippen LogP contribution in [0.2, 0.25) is 5.02 Å². The number of carbonyl (C=O) groups excluding carboxylic acids is 2. The summed E-state index contributed by atoms with van der Waals surface area (Å²) in [6.45, 7) is 9.86. The van der Waals surface area contributed by atoms with Crippen LogP contribution in [0.15, 0.2) is 29.3 Å². The zero-order valence-electron chi connectivity index (χ0n) is 20.2. The number of hydrogen-bond donors (Lipinski definition) is 0. The normalized spacial score (nSPS) is 17.5. The van der Waals surface area contributed by atoms with Crippen molar-refractivity contribution < 1.29 is 9.59 Å². The number of rotatable bonds is 3. The van der Waals surface area contributed by atoms with E-state index < -0.39 is 6.04 Å². The standard InChI is InChI=1S/C25H27ClN6O2S/c1-14-15(2)35-25-22(14)23(18-5-7-19(26)8-6-18)27-20(24-29-28-16(3)32(24)25)13-21(34)31-11-9-30(10-12-31)17(4)33/h5-8,20H,9-13H2,1-4H3/t20-/m0/s1. The lowest BCUT2D eigenvalue weighted by Gasteiger charge is -2.34. The van der Waals surface area contributed by atoms with Crippen LogP contribution in [-0.4, -0.2) is 68.3 Å². The lowest BCUT2D eigenvalue weighted by atomic mass is 9.99. The predicted molar refractivity (Wildman–Crippen MR) is 137 cm³/mol. The van der Waals surface area contributed by atoms with Gasteiger partial charge in [-0.15, -0.1) is 21.5 Å². The minimum absolute atomic E-state index is 0.00256. The molecule has 1 atom stereocenters. The van der Waals surface area contributed by atoms with Gasteiger partial charge in [0.05, 0.1) is 12.1 Å². The third-order valence-corrected chi connectivity index (χ3v) is 8.25. The number of carbonyl (C=O) groups is 2. The molecule has 0 N–H and O–H groups in total. The highest BCUT2D eigenvalue weighted by Gasteiger charge is 2.34. The van der Waals surface area contributed by atoms with Crippen molar-refractivity contribution in [3.8, 4) is 5.00 Å². The molecule has 2 aliphatic heterocycles. The average Bonchev–Trinajstić information content (AvgIpc) is 3.31. The molecule has 8 nitrogen and oxygen atoms in total. The van der Waals surface area contributed by atoms with Crippen LogP contribution in [0.4, 0.5) is 0 Å². The van der Waals surface area contributed by atoms with E-state index in [1.54, 1.807) is 23.2 Å². The quantitative estimate of drug-likeness (QED) is 0.535. The van der Waals surface area contributed by atoms with Crippen molar-refractivity contribution in [1.82, 2.24) is 24.6 Å². The molecular formula is C25H27ClN6O2S. The summed E-state index contributed by atoms with van der Waals surface area (Å²) in [6, 6.07) is 7.17. The van der Waals surface area contributed by atoms with Crippen LogP contribution in [0.25, 0.3) is 5.00 Å². The topological polar surface area (TPSA) is 83.7 Å². The van der Waals surface area contributed by atoms with Gasteiger partial charge in [0.2, 0.25) is 11.8 Å². The molecule has 5 rings (SSSR count). The fourth-order valence-corrected chi connectivity index (χ4v) is 6.04. The lowest BCUT2D eigenvalue weighted by molar-refractivity contribution is -0.138. The number of aryl methyl sites for hydroxylation is 2. The molecule has 0 radical (unpaired) electrons. The first-order valence-electron chi connectivity index (χ1n) is 11.6. The summed E-state index contributed by atoms with van der Waals surface area (Å²) >= 11 is 7.86. The van der Waals surface area contributed by atoms with Crippen molar-refractivity contribution in [3.05, 3.63) is 62.5 Å². The van der Waals surface area contributed by atoms with E-state index in [0.717, 1.165) is 33.2 Å². The molecule has 35 heavy (non-hydrogen) atoms. The van der Waals surface area contributed by atoms with Crippen LogP contribution in [0.1, 0.15) is 52.6 Å². The molecule has 1 saturated heterocycles. The van der Waals surface area contributed by atoms with Gasteiger partial charge < -0.3 is 9.80 Å². The van der Waals surface area contributed by atoms with Crippen molar-refractivity contribution in [2.45, 2.75) is 40.2 Å². The molecule has 3 aromatic rings. The number of benzene rings is 1. The van der Waals surface area contributed by atoms with Crippen molar-refractivity contribution in [2.24, 2.45) is 4.99 Å². The lowest BCUT2D eigenvalue weighted by Crippen LogP contribution is -2.50. The Morgan fingerprint density at radius 3 is 2.34 bits per heavy atom. The fourth-order valence-electron chi connectivity index (χ4n) is 4.70. The van der Waals surface area contributed by atoms with E-state index in [2.05, 4.69) is 28.6 Å². The maximum Gasteiger partial charge on any atom is 0.225 e. The van der Waals surface area contributed by atoms with E-state index in [4.69, 9.17) is 16.6 Å². The van der Waals surface area contributed by atoms with Crippen molar-refractivity contribution in [1.29, 1.82) is 0 Å². The second-order valence-corrected chi connectivity index (χ2v) is 10.6. The summed E-state index contributed by atoms with van der Waals surface area (Å²) < 4.78 is 2.05. The van der Waals surface area contributed by atoms with E-state index in [-0.39, 0.29) is 18.2 Å². The maximum absolute atomic E-state index is 13.4. The first kappa shape index (κ1) is 23.7. The third kappa shape index (κ3) is 4.27. The van der Waals surface area contributed by atoms with Gasteiger partial charge in [0.15, 0.2) is 5.82 Å². The smallest absolute Gasteiger partial charge is 0.225 e. The van der Waals surface area contributed by atoms with E-state index >= 15 is 0 Å². The minimum Gasteiger partial charge on any atom is -0.339 e. The minimum atomic E-state index is -0.487. The number of aliphatic imine (C=N–C) groups is 1. The molecule has 10 heteroatoms. The third-order valence-electron chi connectivity index (χ3n) is 6.80. The molecule has 2 aliphatic rings. The maximum atomic E-state index is 13.4. The van der Waals surface area contributed by atoms with Gasteiger partial charge in [0, 0.05) is 54.1 Å². The molecule has 0 unspecified atom stereocenters. The second kappa shape index (κ2) is 9.20. The van der Waals surface area contributed by atoms with E-state index in [1.807, 2.05) is 36.1 Å². The summed E-state index contributed by atoms with van der Waals surface area (Å²) in [5.74, 6) is 1.48. The van der Waals surface area contributed by atoms with Crippen LogP contribution >= 0.6 is 22.9 Å². The van der Waals surface area contributed by atoms with Gasteiger partial charge in [0.1, 0.15) is 16.9 Å². The number of piperazine rings is 1. The van der Waals surface area contributed by atoms with Gasteiger partial charge in [-0.25, -0.2) is 0 Å². The first-order chi connectivity index (χ1) is 16.7. The number of thiophene rings is 1. The summed E-state index contributed by atoms with van der Waals surface area (Å²) in [4.78, 5) is 35.0. The molecule has 2 aromatic heterocycles. The Kier molecular flexibility index (Phi) is 6.23. The monoisotopic (exact) mass is 510 g/mol. The number of amides is 2. The second-order valence-electron chi connectivity index (χ2n) is 9.00. The van der Waals surface area contributed by atoms with E-state index in [1.165, 1.54) is 4.88 Å². The summed E-state index contributed by atoms with van der Waals surface area (Å²) in [6.07, 6.45) is 0.183. The van der Waals surface area contributed by atoms with Gasteiger partial charge in [-0.1, -0.05) is 23.7 Å². The Balaban J connectivity index is 1.56. The molecule has 1 aromatic carbocycles. The van der Waals surface area contributed by atoms with Crippen LogP contribution in [-0.2, 0) is 9.59 Å². The molecule has 2 amide bonds. The SMILES string of the molecule is CC(=O)N1CCN(C(=O)C[C@@H]2N=C(c3ccc(Cl)cc3)c3c(sc(C)c3C)-n3c(C)nnc32)CC1. The van der Waals surface area contributed by atoms with Crippen LogP contribution in [0.5, 0.6) is 0 Å². The Morgan fingerprint density at radius 1 is 1.03 bits per heavy atom. The Bertz CT molecular complexity index is 1330. The van der Waals surface area contributed by atoms with Gasteiger partial charge in [0.25, 0.3) is 0 Å². The zero-order chi connectivity index (χ0) is 24.9. The van der Waals surface area contributed by atoms with E-state index in [9.17, 15) is 9.59 Å². The molecule has 0 bridgehead atoms. The van der Waals surface area contributed by atoms with Crippen LogP contribution < -0.4 is 0 Å². The highest BCUT2D eigenvalue weighted by molar-refractivity contribution is 7.15. The highest BCUT2D eigenvalue weighted by Crippen LogP contribution is 2.39. The molecule has 182 valence electrons. The molecule has 0 aliphatic carbocycles. The first-order valence-corrected chi connectivity index (χ1v) is 12.8. The number of aromatic nitrogens is 3. The van der Waals surface area contributed by atoms with Gasteiger partial charge in [-0.3, -0.25) is 19.1 Å². The molecule has 4 heterocycles. The van der Waals surface area contributed by atoms with E-state index in [0.29, 0.717) is 37.0 Å². The summed E-state index contributed by atoms with van der Waals surface area (Å²) in [5, 5.41) is 10.5. The van der Waals surface area contributed by atoms with Crippen molar-refractivity contribution >= 4 is 40.5 Å². The molecule has 0 saturated carbocycles. The Morgan fingerprint density at radius 2 is 1.69 bits per heavy atom. The Labute approximate surface area is 213 Å². The number of halogens is 1. The summed E-state index contributed by atoms with van der Waals surface area (Å²) in [5.41, 5.74) is 3.98. The molecule has 0 spiro atoms. The molecule has 1 fully saturated rings. The predicted octanol–water partition coefficient (Wildman–Crippen LogP) is 3.88. The summed E-state index contributed by atoms with van der Waals surface area (Å²) in [7, 11) is 0. The van der Waals surface area contributed by atoms with Gasteiger partial charge in [-0.05, 0) is 38.5 Å². The average molecular weight is 511 g/mol. The number of hydrogen-bond acceptors (Lipinski definition) is 6. The highest BCUT2D eigenvalue weighted by atomic mass is 35.5.